The molecule has 0 fully saturated rings. The zero-order valence-corrected chi connectivity index (χ0v) is 32.3. The van der Waals surface area contributed by atoms with Crippen molar-refractivity contribution in [3.63, 3.8) is 0 Å². The van der Waals surface area contributed by atoms with Crippen molar-refractivity contribution in [2.75, 3.05) is 0 Å². The van der Waals surface area contributed by atoms with Gasteiger partial charge in [0.2, 0.25) is 0 Å². The average molecular weight is 632 g/mol. The van der Waals surface area contributed by atoms with Crippen LogP contribution in [0.1, 0.15) is 277 Å². The molecule has 1 unspecified atom stereocenters. The van der Waals surface area contributed by atoms with Gasteiger partial charge in [0.05, 0.1) is 0 Å². The Morgan fingerprint density at radius 1 is 0.244 bits per heavy atom. The molecule has 0 heterocycles. The molecule has 0 bridgehead atoms. The number of hydrogen-bond donors (Lipinski definition) is 0. The molecule has 0 saturated heterocycles. The molecular formula is C45H91. The van der Waals surface area contributed by atoms with E-state index in [0.717, 1.165) is 12.3 Å². The van der Waals surface area contributed by atoms with Crippen molar-refractivity contribution in [3.05, 3.63) is 6.92 Å². The van der Waals surface area contributed by atoms with Crippen molar-refractivity contribution in [3.8, 4) is 0 Å². The molecule has 0 N–H and O–H groups in total. The van der Waals surface area contributed by atoms with E-state index in [4.69, 9.17) is 0 Å². The van der Waals surface area contributed by atoms with Crippen LogP contribution >= 0.6 is 0 Å². The molecule has 0 saturated carbocycles. The monoisotopic (exact) mass is 632 g/mol. The van der Waals surface area contributed by atoms with E-state index >= 15 is 0 Å². The Bertz CT molecular complexity index is 480. The fourth-order valence-corrected chi connectivity index (χ4v) is 7.46. The predicted octanol–water partition coefficient (Wildman–Crippen LogP) is 17.5. The zero-order chi connectivity index (χ0) is 32.6. The minimum atomic E-state index is 0.905. The summed E-state index contributed by atoms with van der Waals surface area (Å²) in [4.78, 5) is 0. The van der Waals surface area contributed by atoms with Crippen molar-refractivity contribution in [2.45, 2.75) is 277 Å². The first-order chi connectivity index (χ1) is 22.3. The lowest BCUT2D eigenvalue weighted by molar-refractivity contribution is 0.404. The lowest BCUT2D eigenvalue weighted by Gasteiger charge is -2.14. The zero-order valence-electron chi connectivity index (χ0n) is 32.3. The summed E-state index contributed by atoms with van der Waals surface area (Å²) in [5.41, 5.74) is 0. The van der Waals surface area contributed by atoms with Crippen LogP contribution in [0.2, 0.25) is 0 Å². The van der Waals surface area contributed by atoms with Gasteiger partial charge >= 0.3 is 0 Å². The number of unbranched alkanes of at least 4 members (excludes halogenated alkanes) is 36. The summed E-state index contributed by atoms with van der Waals surface area (Å²) < 4.78 is 0. The Labute approximate surface area is 289 Å². The van der Waals surface area contributed by atoms with E-state index in [9.17, 15) is 0 Å². The minimum absolute atomic E-state index is 0.905. The Balaban J connectivity index is 3.22. The van der Waals surface area contributed by atoms with Gasteiger partial charge in [0, 0.05) is 0 Å². The highest BCUT2D eigenvalue weighted by molar-refractivity contribution is 4.62. The van der Waals surface area contributed by atoms with E-state index in [2.05, 4.69) is 20.8 Å². The van der Waals surface area contributed by atoms with E-state index in [1.165, 1.54) is 257 Å². The minimum Gasteiger partial charge on any atom is -0.0654 e. The summed E-state index contributed by atoms with van der Waals surface area (Å²) in [5, 5.41) is 0. The van der Waals surface area contributed by atoms with Crippen molar-refractivity contribution in [1.82, 2.24) is 0 Å². The van der Waals surface area contributed by atoms with Crippen LogP contribution in [0.25, 0.3) is 0 Å². The van der Waals surface area contributed by atoms with Crippen LogP contribution in [0.15, 0.2) is 0 Å². The third kappa shape index (κ3) is 40.1. The third-order valence-corrected chi connectivity index (χ3v) is 10.8. The smallest absolute Gasteiger partial charge is 0.0414 e. The molecule has 0 aromatic rings. The van der Waals surface area contributed by atoms with Crippen molar-refractivity contribution in [2.24, 2.45) is 5.92 Å². The number of rotatable bonds is 41. The van der Waals surface area contributed by atoms with Gasteiger partial charge in [-0.1, -0.05) is 284 Å². The Morgan fingerprint density at radius 2 is 0.400 bits per heavy atom. The van der Waals surface area contributed by atoms with Gasteiger partial charge in [-0.2, -0.15) is 0 Å². The molecule has 1 atom stereocenters. The molecule has 0 spiro atoms. The standard InChI is InChI=1S/C45H91/c1-4-7-9-11-13-15-17-19-21-22-23-24-25-26-27-28-30-32-34-36-38-40-42-44-45(6-3)43-41-39-37-35-33-31-29-20-18-16-14-12-10-8-5-2/h45H,3-44H2,1-2H3. The third-order valence-electron chi connectivity index (χ3n) is 10.8. The molecule has 45 heavy (non-hydrogen) atoms. The molecule has 0 heteroatoms. The van der Waals surface area contributed by atoms with Gasteiger partial charge in [-0.05, 0) is 5.92 Å². The largest absolute Gasteiger partial charge is 0.0654 e. The molecule has 0 aromatic carbocycles. The molecule has 0 amide bonds. The van der Waals surface area contributed by atoms with Gasteiger partial charge in [-0.3, -0.25) is 0 Å². The Kier molecular flexibility index (Phi) is 42.0. The fourth-order valence-electron chi connectivity index (χ4n) is 7.46. The summed E-state index contributed by atoms with van der Waals surface area (Å²) >= 11 is 0. The van der Waals surface area contributed by atoms with E-state index in [0.29, 0.717) is 0 Å². The van der Waals surface area contributed by atoms with E-state index in [1.54, 1.807) is 0 Å². The highest BCUT2D eigenvalue weighted by atomic mass is 14.1. The summed E-state index contributed by atoms with van der Waals surface area (Å²) in [6.07, 6.45) is 60.0. The van der Waals surface area contributed by atoms with Gasteiger partial charge in [-0.25, -0.2) is 0 Å². The van der Waals surface area contributed by atoms with E-state index in [-0.39, 0.29) is 0 Å². The Morgan fingerprint density at radius 3 is 0.556 bits per heavy atom. The number of hydrogen-bond acceptors (Lipinski definition) is 0. The quantitative estimate of drug-likeness (QED) is 0.0589. The van der Waals surface area contributed by atoms with Gasteiger partial charge in [0.1, 0.15) is 0 Å². The van der Waals surface area contributed by atoms with Crippen molar-refractivity contribution < 1.29 is 0 Å². The summed E-state index contributed by atoms with van der Waals surface area (Å²) in [5.74, 6) is 0.905. The van der Waals surface area contributed by atoms with Crippen LogP contribution < -0.4 is 0 Å². The lowest BCUT2D eigenvalue weighted by atomic mass is 9.92. The first-order valence-corrected chi connectivity index (χ1v) is 22.1. The highest BCUT2D eigenvalue weighted by Gasteiger charge is 2.06. The van der Waals surface area contributed by atoms with Crippen LogP contribution in [0.4, 0.5) is 0 Å². The topological polar surface area (TPSA) is 0 Å². The maximum atomic E-state index is 4.28. The average Bonchev–Trinajstić information content (AvgIpc) is 3.05. The second-order valence-corrected chi connectivity index (χ2v) is 15.5. The molecule has 0 aliphatic heterocycles. The molecule has 0 aromatic heterocycles. The predicted molar refractivity (Wildman–Crippen MR) is 209 cm³/mol. The molecule has 0 aliphatic carbocycles. The molecule has 0 rings (SSSR count). The molecule has 0 aliphatic rings. The van der Waals surface area contributed by atoms with Crippen LogP contribution in [0, 0.1) is 12.8 Å². The SMILES string of the molecule is [CH2]CC(CCCCCCCCCCCCCCCCC)CCCCCCCCCCCCCCCCCCCCCCCCC. The van der Waals surface area contributed by atoms with E-state index < -0.39 is 0 Å². The molecule has 0 nitrogen and oxygen atoms in total. The second kappa shape index (κ2) is 42.0. The van der Waals surface area contributed by atoms with Crippen LogP contribution in [-0.4, -0.2) is 0 Å². The maximum Gasteiger partial charge on any atom is -0.0414 e. The molecular weight excluding hydrogens is 540 g/mol. The maximum absolute atomic E-state index is 4.28. The fraction of sp³-hybridized carbons (Fsp3) is 0.978. The first kappa shape index (κ1) is 45.0. The summed E-state index contributed by atoms with van der Waals surface area (Å²) in [6.45, 7) is 8.90. The normalized spacial score (nSPS) is 12.3. The van der Waals surface area contributed by atoms with Gasteiger partial charge < -0.3 is 0 Å². The molecule has 1 radical (unpaired) electrons. The lowest BCUT2D eigenvalue weighted by Crippen LogP contribution is -1.99. The van der Waals surface area contributed by atoms with Gasteiger partial charge in [-0.15, -0.1) is 0 Å². The second-order valence-electron chi connectivity index (χ2n) is 15.5. The van der Waals surface area contributed by atoms with Crippen molar-refractivity contribution in [1.29, 1.82) is 0 Å². The van der Waals surface area contributed by atoms with Crippen LogP contribution in [-0.2, 0) is 0 Å². The molecule has 271 valence electrons. The van der Waals surface area contributed by atoms with Crippen LogP contribution in [0.5, 0.6) is 0 Å². The highest BCUT2D eigenvalue weighted by Crippen LogP contribution is 2.22. The van der Waals surface area contributed by atoms with Gasteiger partial charge in [0.25, 0.3) is 0 Å². The summed E-state index contributed by atoms with van der Waals surface area (Å²) in [6, 6.07) is 0. The van der Waals surface area contributed by atoms with Crippen LogP contribution in [0.3, 0.4) is 0 Å². The first-order valence-electron chi connectivity index (χ1n) is 22.1. The Hall–Kier alpha value is 0. The van der Waals surface area contributed by atoms with Crippen molar-refractivity contribution >= 4 is 0 Å². The van der Waals surface area contributed by atoms with E-state index in [1.807, 2.05) is 0 Å². The van der Waals surface area contributed by atoms with Gasteiger partial charge in [0.15, 0.2) is 0 Å². The summed E-state index contributed by atoms with van der Waals surface area (Å²) in [7, 11) is 0.